The second-order valence-electron chi connectivity index (χ2n) is 3.69. The van der Waals surface area contributed by atoms with Gasteiger partial charge in [-0.15, -0.1) is 0 Å². The van der Waals surface area contributed by atoms with Crippen molar-refractivity contribution in [2.75, 3.05) is 0 Å². The summed E-state index contributed by atoms with van der Waals surface area (Å²) in [4.78, 5) is 11.7. The third-order valence-corrected chi connectivity index (χ3v) is 2.93. The highest BCUT2D eigenvalue weighted by molar-refractivity contribution is 6.07. The number of hydrogen-bond donors (Lipinski definition) is 0. The molecule has 0 unspecified atom stereocenters. The van der Waals surface area contributed by atoms with Gasteiger partial charge in [-0.05, 0) is 18.6 Å². The summed E-state index contributed by atoms with van der Waals surface area (Å²) in [5, 5.41) is 9.09. The first-order valence-corrected chi connectivity index (χ1v) is 4.88. The van der Waals surface area contributed by atoms with Crippen molar-refractivity contribution in [2.45, 2.75) is 12.8 Å². The Hall–Kier alpha value is -2.08. The zero-order chi connectivity index (χ0) is 10.4. The third kappa shape index (κ3) is 0.909. The van der Waals surface area contributed by atoms with Crippen LogP contribution in [0.1, 0.15) is 28.0 Å². The van der Waals surface area contributed by atoms with Gasteiger partial charge in [0.25, 0.3) is 0 Å². The predicted octanol–water partition coefficient (Wildman–Crippen LogP) is 1.94. The van der Waals surface area contributed by atoms with Gasteiger partial charge in [-0.3, -0.25) is 4.79 Å². The number of rotatable bonds is 0. The number of carbonyl (C=O) groups excluding carboxylic acids is 1. The molecule has 0 saturated carbocycles. The third-order valence-electron chi connectivity index (χ3n) is 2.93. The molecule has 2 heterocycles. The Bertz CT molecular complexity index is 616. The normalized spacial score (nSPS) is 14.2. The molecule has 0 bridgehead atoms. The average molecular weight is 196 g/mol. The molecular formula is C12H8N2O. The number of aromatic nitrogens is 1. The summed E-state index contributed by atoms with van der Waals surface area (Å²) in [5.74, 6) is 0.162. The van der Waals surface area contributed by atoms with Crippen LogP contribution in [0.5, 0.6) is 0 Å². The van der Waals surface area contributed by atoms with Crippen molar-refractivity contribution in [1.29, 1.82) is 5.26 Å². The van der Waals surface area contributed by atoms with E-state index in [9.17, 15) is 4.79 Å². The summed E-state index contributed by atoms with van der Waals surface area (Å²) in [6.45, 7) is 0. The lowest BCUT2D eigenvalue weighted by molar-refractivity contribution is 0.0996. The molecule has 0 atom stereocenters. The van der Waals surface area contributed by atoms with Gasteiger partial charge in [0.1, 0.15) is 11.8 Å². The van der Waals surface area contributed by atoms with E-state index < -0.39 is 0 Å². The summed E-state index contributed by atoms with van der Waals surface area (Å²) in [6, 6.07) is 7.83. The lowest BCUT2D eigenvalue weighted by atomic mass is 10.1. The van der Waals surface area contributed by atoms with E-state index in [0.717, 1.165) is 16.6 Å². The van der Waals surface area contributed by atoms with E-state index in [-0.39, 0.29) is 5.78 Å². The van der Waals surface area contributed by atoms with Crippen LogP contribution in [-0.4, -0.2) is 10.2 Å². The summed E-state index contributed by atoms with van der Waals surface area (Å²) >= 11 is 0. The number of nitrogens with zero attached hydrogens (tertiary/aromatic N) is 2. The minimum atomic E-state index is 0.162. The molecular weight excluding hydrogens is 188 g/mol. The molecule has 1 aliphatic rings. The molecule has 0 aromatic carbocycles. The van der Waals surface area contributed by atoms with Crippen molar-refractivity contribution >= 4 is 11.3 Å². The predicted molar refractivity (Wildman–Crippen MR) is 54.8 cm³/mol. The zero-order valence-electron chi connectivity index (χ0n) is 8.03. The van der Waals surface area contributed by atoms with Gasteiger partial charge in [-0.25, -0.2) is 0 Å². The van der Waals surface area contributed by atoms with Gasteiger partial charge in [-0.2, -0.15) is 5.26 Å². The number of nitriles is 1. The Morgan fingerprint density at radius 2 is 2.20 bits per heavy atom. The minimum absolute atomic E-state index is 0.162. The Balaban J connectivity index is 2.54. The highest BCUT2D eigenvalue weighted by atomic mass is 16.1. The molecule has 15 heavy (non-hydrogen) atoms. The molecule has 0 radical (unpaired) electrons. The van der Waals surface area contributed by atoms with Gasteiger partial charge in [-0.1, -0.05) is 6.07 Å². The van der Waals surface area contributed by atoms with E-state index >= 15 is 0 Å². The van der Waals surface area contributed by atoms with Crippen molar-refractivity contribution in [3.8, 4) is 6.07 Å². The van der Waals surface area contributed by atoms with Crippen LogP contribution >= 0.6 is 0 Å². The van der Waals surface area contributed by atoms with Crippen molar-refractivity contribution < 1.29 is 4.79 Å². The summed E-state index contributed by atoms with van der Waals surface area (Å²) in [5.41, 5.74) is 3.17. The van der Waals surface area contributed by atoms with Gasteiger partial charge in [0.15, 0.2) is 5.78 Å². The van der Waals surface area contributed by atoms with Gasteiger partial charge in [0.05, 0.1) is 5.52 Å². The highest BCUT2D eigenvalue weighted by Gasteiger charge is 2.28. The van der Waals surface area contributed by atoms with Gasteiger partial charge in [0, 0.05) is 23.7 Å². The molecule has 3 rings (SSSR count). The number of carbonyl (C=O) groups is 1. The molecule has 0 amide bonds. The van der Waals surface area contributed by atoms with E-state index in [1.165, 1.54) is 0 Å². The molecule has 0 fully saturated rings. The fraction of sp³-hybridized carbons (Fsp3) is 0.167. The fourth-order valence-electron chi connectivity index (χ4n) is 2.30. The molecule has 0 aliphatic heterocycles. The maximum Gasteiger partial charge on any atom is 0.165 e. The Morgan fingerprint density at radius 1 is 1.33 bits per heavy atom. The standard InChI is InChI=1S/C12H8N2O/c13-7-10-8-4-5-11(15)12(8)9-3-1-2-6-14(9)10/h1-3,6H,4-5H2. The van der Waals surface area contributed by atoms with Crippen LogP contribution in [0.3, 0.4) is 0 Å². The van der Waals surface area contributed by atoms with Crippen LogP contribution in [0.15, 0.2) is 24.4 Å². The average Bonchev–Trinajstić information content (AvgIpc) is 2.77. The van der Waals surface area contributed by atoms with Gasteiger partial charge >= 0.3 is 0 Å². The molecule has 3 heteroatoms. The Kier molecular flexibility index (Phi) is 1.49. The molecule has 1 aliphatic carbocycles. The molecule has 72 valence electrons. The Morgan fingerprint density at radius 3 is 3.00 bits per heavy atom. The van der Waals surface area contributed by atoms with E-state index in [1.54, 1.807) is 0 Å². The van der Waals surface area contributed by atoms with E-state index in [0.29, 0.717) is 18.5 Å². The lowest BCUT2D eigenvalue weighted by Gasteiger charge is -1.96. The smallest absolute Gasteiger partial charge is 0.165 e. The van der Waals surface area contributed by atoms with E-state index in [4.69, 9.17) is 5.26 Å². The topological polar surface area (TPSA) is 45.3 Å². The maximum absolute atomic E-state index is 11.7. The van der Waals surface area contributed by atoms with Crippen LogP contribution in [0, 0.1) is 11.3 Å². The molecule has 2 aromatic rings. The lowest BCUT2D eigenvalue weighted by Crippen LogP contribution is -1.93. The molecule has 3 nitrogen and oxygen atoms in total. The zero-order valence-corrected chi connectivity index (χ0v) is 8.03. The monoisotopic (exact) mass is 196 g/mol. The van der Waals surface area contributed by atoms with Gasteiger partial charge in [0.2, 0.25) is 0 Å². The number of pyridine rings is 1. The quantitative estimate of drug-likeness (QED) is 0.646. The summed E-state index contributed by atoms with van der Waals surface area (Å²) in [6.07, 6.45) is 3.09. The second-order valence-corrected chi connectivity index (χ2v) is 3.69. The SMILES string of the molecule is N#Cc1c2c(c3ccccn13)C(=O)CC2. The van der Waals surface area contributed by atoms with E-state index in [2.05, 4.69) is 6.07 Å². The van der Waals surface area contributed by atoms with Crippen molar-refractivity contribution in [2.24, 2.45) is 0 Å². The number of ketones is 1. The van der Waals surface area contributed by atoms with Crippen LogP contribution in [0.4, 0.5) is 0 Å². The first-order valence-electron chi connectivity index (χ1n) is 4.88. The Labute approximate surface area is 86.6 Å². The largest absolute Gasteiger partial charge is 0.307 e. The van der Waals surface area contributed by atoms with Crippen LogP contribution in [0.2, 0.25) is 0 Å². The second kappa shape index (κ2) is 2.71. The summed E-state index contributed by atoms with van der Waals surface area (Å²) < 4.78 is 1.81. The van der Waals surface area contributed by atoms with Crippen molar-refractivity contribution in [1.82, 2.24) is 4.40 Å². The van der Waals surface area contributed by atoms with E-state index in [1.807, 2.05) is 28.8 Å². The number of Topliss-reactive ketones (excluding diaryl/α,β-unsaturated/α-hetero) is 1. The number of fused-ring (bicyclic) bond motifs is 3. The fourth-order valence-corrected chi connectivity index (χ4v) is 2.30. The molecule has 0 spiro atoms. The maximum atomic E-state index is 11.7. The summed E-state index contributed by atoms with van der Waals surface area (Å²) in [7, 11) is 0. The molecule has 2 aromatic heterocycles. The molecule has 0 N–H and O–H groups in total. The van der Waals surface area contributed by atoms with Crippen LogP contribution in [0.25, 0.3) is 5.52 Å². The highest BCUT2D eigenvalue weighted by Crippen LogP contribution is 2.31. The van der Waals surface area contributed by atoms with Crippen LogP contribution < -0.4 is 0 Å². The molecule has 0 saturated heterocycles. The van der Waals surface area contributed by atoms with Crippen LogP contribution in [-0.2, 0) is 6.42 Å². The number of hydrogen-bond acceptors (Lipinski definition) is 2. The first kappa shape index (κ1) is 8.25. The minimum Gasteiger partial charge on any atom is -0.307 e. The first-order chi connectivity index (χ1) is 7.33. The van der Waals surface area contributed by atoms with Crippen molar-refractivity contribution in [3.05, 3.63) is 41.2 Å². The van der Waals surface area contributed by atoms with Gasteiger partial charge < -0.3 is 4.40 Å². The van der Waals surface area contributed by atoms with Crippen molar-refractivity contribution in [3.63, 3.8) is 0 Å².